The van der Waals surface area contributed by atoms with Crippen molar-refractivity contribution >= 4 is 62.0 Å². The van der Waals surface area contributed by atoms with Crippen LogP contribution < -0.4 is 9.47 Å². The Morgan fingerprint density at radius 3 is 1.78 bits per heavy atom. The summed E-state index contributed by atoms with van der Waals surface area (Å²) in [5, 5.41) is 0. The number of hydrogen-bond donors (Lipinski definition) is 0. The number of esters is 1. The second-order valence-electron chi connectivity index (χ2n) is 12.8. The van der Waals surface area contributed by atoms with Gasteiger partial charge in [0.1, 0.15) is 23.7 Å². The lowest BCUT2D eigenvalue weighted by molar-refractivity contribution is -0.204. The lowest BCUT2D eigenvalue weighted by Gasteiger charge is -2.59. The first-order valence-corrected chi connectivity index (χ1v) is 19.1. The highest BCUT2D eigenvalue weighted by molar-refractivity contribution is 14.1. The fraction of sp³-hybridized carbons (Fsp3) is 0.342. The average molecular weight is 844 g/mol. The highest BCUT2D eigenvalue weighted by Crippen LogP contribution is 2.59. The Labute approximate surface area is 296 Å². The van der Waals surface area contributed by atoms with Crippen LogP contribution in [-0.2, 0) is 27.0 Å². The molecule has 8 rings (SSSR count). The van der Waals surface area contributed by atoms with E-state index in [4.69, 9.17) is 14.2 Å². The molecule has 0 atom stereocenters. The second-order valence-corrected chi connectivity index (χ2v) is 17.2. The van der Waals surface area contributed by atoms with Crippen LogP contribution >= 0.6 is 45.2 Å². The van der Waals surface area contributed by atoms with Gasteiger partial charge >= 0.3 is 5.97 Å². The van der Waals surface area contributed by atoms with Crippen molar-refractivity contribution in [3.8, 4) is 11.5 Å². The van der Waals surface area contributed by atoms with Gasteiger partial charge in [-0.2, -0.15) is 0 Å². The van der Waals surface area contributed by atoms with Crippen LogP contribution in [0, 0.1) is 30.8 Å². The quantitative estimate of drug-likeness (QED) is 0.0907. The van der Waals surface area contributed by atoms with Crippen molar-refractivity contribution in [3.63, 3.8) is 0 Å². The zero-order chi connectivity index (χ0) is 31.0. The van der Waals surface area contributed by atoms with Gasteiger partial charge in [0.25, 0.3) is 0 Å². The Morgan fingerprint density at radius 2 is 1.24 bits per heavy atom. The Hall–Kier alpha value is -2.24. The smallest absolute Gasteiger partial charge is 0.344 e. The van der Waals surface area contributed by atoms with Crippen molar-refractivity contribution in [2.75, 3.05) is 6.61 Å². The molecule has 4 nitrogen and oxygen atoms in total. The fourth-order valence-electron chi connectivity index (χ4n) is 7.89. The van der Waals surface area contributed by atoms with E-state index in [1.165, 1.54) is 46.8 Å². The molecular weight excluding hydrogens is 806 g/mol. The normalized spacial score (nSPS) is 24.9. The van der Waals surface area contributed by atoms with Crippen molar-refractivity contribution in [1.29, 1.82) is 0 Å². The van der Waals surface area contributed by atoms with Crippen molar-refractivity contribution in [2.24, 2.45) is 23.7 Å². The fourth-order valence-corrected chi connectivity index (χ4v) is 12.2. The Bertz CT molecular complexity index is 1550. The summed E-state index contributed by atoms with van der Waals surface area (Å²) in [6, 6.07) is 33.9. The van der Waals surface area contributed by atoms with Crippen molar-refractivity contribution < 1.29 is 19.0 Å². The highest BCUT2D eigenvalue weighted by Gasteiger charge is 2.57. The predicted octanol–water partition coefficient (Wildman–Crippen LogP) is 9.71. The van der Waals surface area contributed by atoms with E-state index >= 15 is 0 Å². The Morgan fingerprint density at radius 1 is 0.733 bits per heavy atom. The van der Waals surface area contributed by atoms with Crippen LogP contribution in [0.5, 0.6) is 11.5 Å². The second kappa shape index (κ2) is 13.5. The summed E-state index contributed by atoms with van der Waals surface area (Å²) in [7, 11) is -0.188. The molecule has 45 heavy (non-hydrogen) atoms. The van der Waals surface area contributed by atoms with E-state index < -0.39 is 0 Å². The molecule has 0 aromatic heterocycles. The van der Waals surface area contributed by atoms with Crippen LogP contribution in [0.1, 0.15) is 44.6 Å². The molecule has 0 unspecified atom stereocenters. The van der Waals surface area contributed by atoms with Gasteiger partial charge in [-0.1, -0.05) is 36.4 Å². The maximum Gasteiger partial charge on any atom is 0.344 e. The van der Waals surface area contributed by atoms with Crippen LogP contribution in [-0.4, -0.2) is 18.2 Å². The molecule has 0 amide bonds. The molecule has 7 heteroatoms. The topological polar surface area (TPSA) is 44.8 Å². The monoisotopic (exact) mass is 843 g/mol. The van der Waals surface area contributed by atoms with E-state index in [0.29, 0.717) is 18.4 Å². The molecule has 0 aliphatic heterocycles. The molecule has 4 aliphatic carbocycles. The van der Waals surface area contributed by atoms with Crippen LogP contribution in [0.4, 0.5) is 0 Å². The van der Waals surface area contributed by atoms with Gasteiger partial charge in [0.05, 0.1) is 18.0 Å². The zero-order valence-electron chi connectivity index (χ0n) is 25.3. The molecule has 0 N–H and O–H groups in total. The van der Waals surface area contributed by atoms with Crippen LogP contribution in [0.15, 0.2) is 112 Å². The van der Waals surface area contributed by atoms with Crippen molar-refractivity contribution in [1.82, 2.24) is 0 Å². The maximum atomic E-state index is 13.0. The lowest BCUT2D eigenvalue weighted by atomic mass is 9.50. The number of halogens is 2. The summed E-state index contributed by atoms with van der Waals surface area (Å²) in [5.41, 5.74) is 0.718. The first-order chi connectivity index (χ1) is 21.9. The Balaban J connectivity index is 0.966. The molecule has 4 aromatic rings. The molecule has 4 aliphatic rings. The highest BCUT2D eigenvalue weighted by atomic mass is 127. The molecule has 4 aromatic carbocycles. The number of hydrogen-bond acceptors (Lipinski definition) is 4. The molecule has 0 spiro atoms. The standard InChI is InChI=1S/C38H37I2O4S/c1-38(28-17-25-16-26(19-28)20-29(38)18-25)44-36(41)24-43-37-34(39)21-27(22-35(37)40)23-42-30-12-14-33(15-13-30)45(31-8-4-2-5-9-31)32-10-6-3-7-11-32/h2-15,21-22,25-26,28-29H,16-20,23-24H2,1H3/q+1. The third-order valence-electron chi connectivity index (χ3n) is 9.91. The van der Waals surface area contributed by atoms with E-state index in [1.54, 1.807) is 0 Å². The van der Waals surface area contributed by atoms with Gasteiger partial charge < -0.3 is 14.2 Å². The lowest BCUT2D eigenvalue weighted by Crippen LogP contribution is -2.58. The molecule has 0 heterocycles. The zero-order valence-corrected chi connectivity index (χ0v) is 30.4. The molecule has 4 bridgehead atoms. The largest absolute Gasteiger partial charge is 0.489 e. The van der Waals surface area contributed by atoms with E-state index in [-0.39, 0.29) is 29.1 Å². The number of ether oxygens (including phenoxy) is 3. The summed E-state index contributed by atoms with van der Waals surface area (Å²) in [4.78, 5) is 16.9. The molecule has 232 valence electrons. The van der Waals surface area contributed by atoms with E-state index in [2.05, 4.69) is 149 Å². The van der Waals surface area contributed by atoms with Gasteiger partial charge in [-0.05, 0) is 174 Å². The minimum Gasteiger partial charge on any atom is -0.489 e. The Kier molecular flexibility index (Phi) is 9.39. The van der Waals surface area contributed by atoms with Crippen molar-refractivity contribution in [3.05, 3.63) is 110 Å². The molecule has 4 fully saturated rings. The average Bonchev–Trinajstić information content (AvgIpc) is 3.04. The van der Waals surface area contributed by atoms with Gasteiger partial charge in [0, 0.05) is 0 Å². The summed E-state index contributed by atoms with van der Waals surface area (Å²) in [6.45, 7) is 2.56. The predicted molar refractivity (Wildman–Crippen MR) is 195 cm³/mol. The summed E-state index contributed by atoms with van der Waals surface area (Å²) in [6.07, 6.45) is 6.23. The minimum absolute atomic E-state index is 0.0658. The number of carbonyl (C=O) groups is 1. The molecule has 0 radical (unpaired) electrons. The molecular formula is C38H37I2O4S+. The number of carbonyl (C=O) groups excluding carboxylic acids is 1. The molecule has 0 saturated heterocycles. The summed E-state index contributed by atoms with van der Waals surface area (Å²) in [5.74, 6) is 3.99. The summed E-state index contributed by atoms with van der Waals surface area (Å²) < 4.78 is 20.4. The molecule has 4 saturated carbocycles. The van der Waals surface area contributed by atoms with Crippen molar-refractivity contribution in [2.45, 2.75) is 65.9 Å². The van der Waals surface area contributed by atoms with Crippen LogP contribution in [0.2, 0.25) is 0 Å². The van der Waals surface area contributed by atoms with Crippen LogP contribution in [0.3, 0.4) is 0 Å². The van der Waals surface area contributed by atoms with Gasteiger partial charge in [0.15, 0.2) is 21.3 Å². The number of benzene rings is 4. The third kappa shape index (κ3) is 6.77. The minimum atomic E-state index is -0.335. The number of rotatable bonds is 10. The third-order valence-corrected chi connectivity index (χ3v) is 13.7. The maximum absolute atomic E-state index is 13.0. The first-order valence-electron chi connectivity index (χ1n) is 15.8. The first kappa shape index (κ1) is 31.4. The van der Waals surface area contributed by atoms with Gasteiger partial charge in [-0.25, -0.2) is 4.79 Å². The SMILES string of the molecule is CC1(OC(=O)COc2c(I)cc(COc3ccc([S+](c4ccccc4)c4ccccc4)cc3)cc2I)C2CC3CC(C2)CC1C3. The van der Waals surface area contributed by atoms with E-state index in [0.717, 1.165) is 36.0 Å². The van der Waals surface area contributed by atoms with E-state index in [1.807, 2.05) is 0 Å². The van der Waals surface area contributed by atoms with Gasteiger partial charge in [0.2, 0.25) is 0 Å². The van der Waals surface area contributed by atoms with Gasteiger partial charge in [-0.15, -0.1) is 0 Å². The van der Waals surface area contributed by atoms with Gasteiger partial charge in [-0.3, -0.25) is 0 Å². The van der Waals surface area contributed by atoms with E-state index in [9.17, 15) is 4.79 Å². The van der Waals surface area contributed by atoms with Crippen LogP contribution in [0.25, 0.3) is 0 Å². The summed E-state index contributed by atoms with van der Waals surface area (Å²) >= 11 is 4.57.